The van der Waals surface area contributed by atoms with Crippen LogP contribution in [0.2, 0.25) is 10.0 Å². The first-order valence-electron chi connectivity index (χ1n) is 14.2. The van der Waals surface area contributed by atoms with Crippen LogP contribution in [0.25, 0.3) is 0 Å². The Balaban J connectivity index is 1.58. The number of aryl methyl sites for hydroxylation is 2. The van der Waals surface area contributed by atoms with E-state index in [0.717, 1.165) is 16.7 Å². The number of carbonyl (C=O) groups excluding carboxylic acids is 3. The lowest BCUT2D eigenvalue weighted by Crippen LogP contribution is -2.68. The number of carbonyl (C=O) groups is 3. The molecule has 2 aromatic rings. The zero-order chi connectivity index (χ0) is 29.9. The van der Waals surface area contributed by atoms with Gasteiger partial charge < -0.3 is 20.3 Å². The third-order valence-corrected chi connectivity index (χ3v) is 8.54. The molecule has 2 unspecified atom stereocenters. The monoisotopic (exact) mass is 603 g/mol. The van der Waals surface area contributed by atoms with Crippen LogP contribution in [0, 0.1) is 13.8 Å². The van der Waals surface area contributed by atoms with Gasteiger partial charge in [0.15, 0.2) is 0 Å². The number of piperazine rings is 1. The molecule has 0 radical (unpaired) electrons. The average molecular weight is 605 g/mol. The standard InChI is InChI=1S/C31H41Cl2N4O4/c1-20-14-21(2)16-23(15-20)29(39)37(13-10-34-18-27(37)22-6-7-25(32)26(33)17-22)28(38)19-35-24-8-11-36(12-9-24)30(40)41-31(3,4)5/h6-7,14-17,24,27,34-35H,8-13,18-19H2,1-5H3/q+1. The Morgan fingerprint density at radius 2 is 1.68 bits per heavy atom. The van der Waals surface area contributed by atoms with Crippen LogP contribution in [0.3, 0.4) is 0 Å². The molecule has 10 heteroatoms. The van der Waals surface area contributed by atoms with Gasteiger partial charge in [-0.1, -0.05) is 35.3 Å². The van der Waals surface area contributed by atoms with Crippen molar-refractivity contribution in [1.82, 2.24) is 15.5 Å². The van der Waals surface area contributed by atoms with E-state index in [1.165, 1.54) is 0 Å². The van der Waals surface area contributed by atoms with Crippen LogP contribution in [0.1, 0.15) is 66.7 Å². The largest absolute Gasteiger partial charge is 0.444 e. The molecule has 0 spiro atoms. The maximum absolute atomic E-state index is 14.5. The molecule has 4 rings (SSSR count). The van der Waals surface area contributed by atoms with Gasteiger partial charge >= 0.3 is 17.9 Å². The Labute approximate surface area is 252 Å². The van der Waals surface area contributed by atoms with E-state index in [0.29, 0.717) is 61.2 Å². The highest BCUT2D eigenvalue weighted by Crippen LogP contribution is 2.36. The quantitative estimate of drug-likeness (QED) is 0.443. The first kappa shape index (κ1) is 31.4. The Bertz CT molecular complexity index is 1280. The highest BCUT2D eigenvalue weighted by Gasteiger charge is 2.53. The predicted octanol–water partition coefficient (Wildman–Crippen LogP) is 5.43. The Kier molecular flexibility index (Phi) is 9.81. The SMILES string of the molecule is Cc1cc(C)cc(C(=O)[N+]2(C(=O)CNC3CCN(C(=O)OC(C)(C)C)CC3)CCNCC2c2ccc(Cl)c(Cl)c2)c1. The summed E-state index contributed by atoms with van der Waals surface area (Å²) in [6.45, 7) is 11.8. The number of quaternary nitrogens is 1. The number of rotatable bonds is 5. The number of hydrogen-bond acceptors (Lipinski definition) is 6. The zero-order valence-corrected chi connectivity index (χ0v) is 26.1. The van der Waals surface area contributed by atoms with Crippen molar-refractivity contribution in [3.8, 4) is 0 Å². The molecule has 2 saturated heterocycles. The molecule has 222 valence electrons. The summed E-state index contributed by atoms with van der Waals surface area (Å²) in [5.74, 6) is -0.415. The van der Waals surface area contributed by atoms with Gasteiger partial charge in [-0.15, -0.1) is 0 Å². The Morgan fingerprint density at radius 1 is 1.02 bits per heavy atom. The number of imide groups is 1. The number of piperidine rings is 1. The molecule has 3 amide bonds. The molecule has 0 aliphatic carbocycles. The minimum Gasteiger partial charge on any atom is -0.444 e. The highest BCUT2D eigenvalue weighted by atomic mass is 35.5. The van der Waals surface area contributed by atoms with Crippen LogP contribution < -0.4 is 10.6 Å². The second-order valence-corrected chi connectivity index (χ2v) is 13.0. The van der Waals surface area contributed by atoms with E-state index in [2.05, 4.69) is 10.6 Å². The summed E-state index contributed by atoms with van der Waals surface area (Å²) in [7, 11) is 0. The van der Waals surface area contributed by atoms with Crippen molar-refractivity contribution in [1.29, 1.82) is 0 Å². The zero-order valence-electron chi connectivity index (χ0n) is 24.6. The normalized spacial score (nSPS) is 21.9. The molecule has 2 N–H and O–H groups in total. The van der Waals surface area contributed by atoms with Crippen molar-refractivity contribution in [2.75, 3.05) is 39.3 Å². The summed E-state index contributed by atoms with van der Waals surface area (Å²) >= 11 is 12.6. The average Bonchev–Trinajstić information content (AvgIpc) is 2.91. The topological polar surface area (TPSA) is 87.7 Å². The number of halogens is 2. The van der Waals surface area contributed by atoms with Gasteiger partial charge in [0, 0.05) is 31.2 Å². The van der Waals surface area contributed by atoms with Crippen LogP contribution in [0.5, 0.6) is 0 Å². The van der Waals surface area contributed by atoms with E-state index in [-0.39, 0.29) is 35.0 Å². The molecule has 2 heterocycles. The summed E-state index contributed by atoms with van der Waals surface area (Å²) in [6, 6.07) is 10.6. The lowest BCUT2D eigenvalue weighted by molar-refractivity contribution is -0.809. The van der Waals surface area contributed by atoms with Crippen molar-refractivity contribution in [2.45, 2.75) is 65.1 Å². The molecular formula is C31H41Cl2N4O4+. The third kappa shape index (κ3) is 7.30. The van der Waals surface area contributed by atoms with Gasteiger partial charge in [-0.05, 0) is 82.9 Å². The third-order valence-electron chi connectivity index (χ3n) is 7.80. The molecule has 2 aromatic carbocycles. The second kappa shape index (κ2) is 12.8. The van der Waals surface area contributed by atoms with Crippen molar-refractivity contribution in [3.05, 3.63) is 68.7 Å². The summed E-state index contributed by atoms with van der Waals surface area (Å²) in [5.41, 5.74) is 2.69. The number of nitrogens with zero attached hydrogens (tertiary/aromatic N) is 2. The summed E-state index contributed by atoms with van der Waals surface area (Å²) in [5, 5.41) is 7.59. The van der Waals surface area contributed by atoms with Crippen LogP contribution >= 0.6 is 23.2 Å². The van der Waals surface area contributed by atoms with Gasteiger partial charge in [-0.25, -0.2) is 14.4 Å². The molecule has 2 fully saturated rings. The number of amides is 3. The maximum atomic E-state index is 14.5. The molecule has 0 aromatic heterocycles. The number of likely N-dealkylation sites (tertiary alicyclic amines) is 1. The van der Waals surface area contributed by atoms with Gasteiger partial charge in [0.05, 0.1) is 22.2 Å². The van der Waals surface area contributed by atoms with E-state index in [9.17, 15) is 14.4 Å². The molecule has 2 atom stereocenters. The van der Waals surface area contributed by atoms with E-state index < -0.39 is 11.6 Å². The van der Waals surface area contributed by atoms with E-state index in [1.54, 1.807) is 17.0 Å². The minimum atomic E-state index is -0.549. The first-order valence-corrected chi connectivity index (χ1v) is 15.0. The van der Waals surface area contributed by atoms with Crippen LogP contribution in [0.4, 0.5) is 4.79 Å². The Hall–Kier alpha value is -2.49. The van der Waals surface area contributed by atoms with Crippen LogP contribution in [-0.4, -0.2) is 78.2 Å². The second-order valence-electron chi connectivity index (χ2n) is 12.2. The highest BCUT2D eigenvalue weighted by molar-refractivity contribution is 6.42. The first-order chi connectivity index (χ1) is 19.3. The lowest BCUT2D eigenvalue weighted by atomic mass is 9.96. The van der Waals surface area contributed by atoms with E-state index >= 15 is 0 Å². The molecule has 41 heavy (non-hydrogen) atoms. The van der Waals surface area contributed by atoms with Crippen molar-refractivity contribution in [2.24, 2.45) is 0 Å². The molecule has 0 saturated carbocycles. The smallest absolute Gasteiger partial charge is 0.410 e. The van der Waals surface area contributed by atoms with Crippen molar-refractivity contribution < 1.29 is 23.6 Å². The number of ether oxygens (including phenoxy) is 1. The fourth-order valence-corrected chi connectivity index (χ4v) is 6.15. The Morgan fingerprint density at radius 3 is 2.29 bits per heavy atom. The van der Waals surface area contributed by atoms with Crippen LogP contribution in [0.15, 0.2) is 36.4 Å². The van der Waals surface area contributed by atoms with Crippen LogP contribution in [-0.2, 0) is 9.53 Å². The molecular weight excluding hydrogens is 563 g/mol. The van der Waals surface area contributed by atoms with Gasteiger partial charge in [0.1, 0.15) is 24.7 Å². The fourth-order valence-electron chi connectivity index (χ4n) is 5.85. The summed E-state index contributed by atoms with van der Waals surface area (Å²) in [6.07, 6.45) is 1.06. The van der Waals surface area contributed by atoms with E-state index in [4.69, 9.17) is 27.9 Å². The molecule has 2 aliphatic rings. The molecule has 2 aliphatic heterocycles. The van der Waals surface area contributed by atoms with Gasteiger partial charge in [-0.2, -0.15) is 4.48 Å². The maximum Gasteiger partial charge on any atom is 0.410 e. The number of nitrogens with one attached hydrogen (secondary N) is 2. The minimum absolute atomic E-state index is 0.0332. The fraction of sp³-hybridized carbons (Fsp3) is 0.516. The predicted molar refractivity (Wildman–Crippen MR) is 161 cm³/mol. The van der Waals surface area contributed by atoms with E-state index in [1.807, 2.05) is 58.9 Å². The van der Waals surface area contributed by atoms with Gasteiger partial charge in [-0.3, -0.25) is 0 Å². The van der Waals surface area contributed by atoms with Gasteiger partial charge in [0.2, 0.25) is 0 Å². The number of hydrogen-bond donors (Lipinski definition) is 2. The van der Waals surface area contributed by atoms with Crippen molar-refractivity contribution in [3.63, 3.8) is 0 Å². The molecule has 0 bridgehead atoms. The molecule has 8 nitrogen and oxygen atoms in total. The number of benzene rings is 2. The lowest BCUT2D eigenvalue weighted by Gasteiger charge is -2.44. The summed E-state index contributed by atoms with van der Waals surface area (Å²) < 4.78 is 5.16. The summed E-state index contributed by atoms with van der Waals surface area (Å²) in [4.78, 5) is 43.0. The van der Waals surface area contributed by atoms with Gasteiger partial charge in [0.25, 0.3) is 0 Å². The van der Waals surface area contributed by atoms with Crippen molar-refractivity contribution >= 4 is 41.1 Å².